The van der Waals surface area contributed by atoms with E-state index in [1.165, 1.54) is 50.5 Å². The van der Waals surface area contributed by atoms with Gasteiger partial charge in [-0.05, 0) is 69.6 Å². The Kier molecular flexibility index (Phi) is 8.26. The first-order valence-electron chi connectivity index (χ1n) is 10.8. The molecule has 3 unspecified atom stereocenters. The lowest BCUT2D eigenvalue weighted by Crippen LogP contribution is -2.47. The highest BCUT2D eigenvalue weighted by atomic mass is 127. The molecule has 28 heavy (non-hydrogen) atoms. The van der Waals surface area contributed by atoms with Gasteiger partial charge in [-0.1, -0.05) is 18.6 Å². The summed E-state index contributed by atoms with van der Waals surface area (Å²) in [5.74, 6) is 1.87. The second-order valence-electron chi connectivity index (χ2n) is 8.08. The number of aliphatic imine (C=N–C) groups is 1. The van der Waals surface area contributed by atoms with Crippen LogP contribution in [0.2, 0.25) is 0 Å². The van der Waals surface area contributed by atoms with Crippen molar-refractivity contribution < 1.29 is 9.47 Å². The van der Waals surface area contributed by atoms with Crippen LogP contribution in [0.1, 0.15) is 63.9 Å². The zero-order chi connectivity index (χ0) is 18.5. The smallest absolute Gasteiger partial charge is 0.191 e. The van der Waals surface area contributed by atoms with Gasteiger partial charge < -0.3 is 20.1 Å². The minimum Gasteiger partial charge on any atom is -0.490 e. The lowest BCUT2D eigenvalue weighted by Gasteiger charge is -2.23. The fourth-order valence-corrected chi connectivity index (χ4v) is 4.50. The lowest BCUT2D eigenvalue weighted by atomic mass is 9.96. The Morgan fingerprint density at radius 2 is 1.89 bits per heavy atom. The van der Waals surface area contributed by atoms with Crippen LogP contribution in [-0.4, -0.2) is 36.9 Å². The van der Waals surface area contributed by atoms with Crippen LogP contribution in [-0.2, 0) is 11.3 Å². The molecular formula is C22H34IN3O2. The maximum absolute atomic E-state index is 6.12. The van der Waals surface area contributed by atoms with Gasteiger partial charge in [-0.2, -0.15) is 0 Å². The van der Waals surface area contributed by atoms with Gasteiger partial charge in [0.15, 0.2) is 5.96 Å². The van der Waals surface area contributed by atoms with Crippen molar-refractivity contribution >= 4 is 29.9 Å². The van der Waals surface area contributed by atoms with Crippen LogP contribution in [0.3, 0.4) is 0 Å². The minimum absolute atomic E-state index is 0. The SMILES string of the molecule is CCNC(=NCc1ccc(OC2CCCCC2)cc1)NC1CC2CCC1O2.I. The Labute approximate surface area is 186 Å². The van der Waals surface area contributed by atoms with E-state index in [1.807, 2.05) is 0 Å². The van der Waals surface area contributed by atoms with E-state index in [9.17, 15) is 0 Å². The van der Waals surface area contributed by atoms with Crippen LogP contribution in [0.15, 0.2) is 29.3 Å². The summed E-state index contributed by atoms with van der Waals surface area (Å²) in [7, 11) is 0. The first kappa shape index (κ1) is 21.7. The second kappa shape index (κ2) is 10.7. The van der Waals surface area contributed by atoms with E-state index >= 15 is 0 Å². The largest absolute Gasteiger partial charge is 0.490 e. The second-order valence-corrected chi connectivity index (χ2v) is 8.08. The average Bonchev–Trinajstić information content (AvgIpc) is 3.31. The predicted molar refractivity (Wildman–Crippen MR) is 124 cm³/mol. The van der Waals surface area contributed by atoms with Crippen LogP contribution < -0.4 is 15.4 Å². The van der Waals surface area contributed by atoms with E-state index < -0.39 is 0 Å². The molecule has 6 heteroatoms. The minimum atomic E-state index is 0. The molecule has 2 heterocycles. The van der Waals surface area contributed by atoms with Gasteiger partial charge in [0.05, 0.1) is 30.9 Å². The molecule has 0 radical (unpaired) electrons. The van der Waals surface area contributed by atoms with Crippen molar-refractivity contribution in [1.29, 1.82) is 0 Å². The number of benzene rings is 1. The summed E-state index contributed by atoms with van der Waals surface area (Å²) < 4.78 is 12.1. The highest BCUT2D eigenvalue weighted by Gasteiger charge is 2.41. The molecule has 1 aliphatic carbocycles. The van der Waals surface area contributed by atoms with Gasteiger partial charge in [0.2, 0.25) is 0 Å². The monoisotopic (exact) mass is 499 g/mol. The van der Waals surface area contributed by atoms with Gasteiger partial charge in [0.25, 0.3) is 0 Å². The van der Waals surface area contributed by atoms with Crippen LogP contribution in [0.4, 0.5) is 0 Å². The van der Waals surface area contributed by atoms with E-state index in [-0.39, 0.29) is 24.0 Å². The third-order valence-electron chi connectivity index (χ3n) is 5.97. The molecule has 2 N–H and O–H groups in total. The van der Waals surface area contributed by atoms with Gasteiger partial charge >= 0.3 is 0 Å². The van der Waals surface area contributed by atoms with Crippen LogP contribution in [0.25, 0.3) is 0 Å². The van der Waals surface area contributed by atoms with Gasteiger partial charge in [-0.3, -0.25) is 0 Å². The first-order valence-corrected chi connectivity index (χ1v) is 10.8. The van der Waals surface area contributed by atoms with Crippen molar-refractivity contribution in [3.63, 3.8) is 0 Å². The number of nitrogens with zero attached hydrogens (tertiary/aromatic N) is 1. The van der Waals surface area contributed by atoms with E-state index in [2.05, 4.69) is 41.8 Å². The summed E-state index contributed by atoms with van der Waals surface area (Å²) >= 11 is 0. The maximum Gasteiger partial charge on any atom is 0.191 e. The molecular weight excluding hydrogens is 465 g/mol. The molecule has 0 spiro atoms. The zero-order valence-electron chi connectivity index (χ0n) is 16.9. The Hall–Kier alpha value is -1.02. The summed E-state index contributed by atoms with van der Waals surface area (Å²) in [6.07, 6.45) is 11.0. The van der Waals surface area contributed by atoms with E-state index in [1.54, 1.807) is 0 Å². The molecule has 0 aromatic heterocycles. The fourth-order valence-electron chi connectivity index (χ4n) is 4.50. The summed E-state index contributed by atoms with van der Waals surface area (Å²) in [5, 5.41) is 6.94. The molecule has 4 rings (SSSR count). The molecule has 1 aromatic carbocycles. The summed E-state index contributed by atoms with van der Waals surface area (Å²) in [4.78, 5) is 4.77. The fraction of sp³-hybridized carbons (Fsp3) is 0.682. The third kappa shape index (κ3) is 5.75. The maximum atomic E-state index is 6.12. The normalized spacial score (nSPS) is 27.3. The summed E-state index contributed by atoms with van der Waals surface area (Å²) in [5.41, 5.74) is 1.20. The number of fused-ring (bicyclic) bond motifs is 2. The Bertz CT molecular complexity index is 631. The van der Waals surface area contributed by atoms with Crippen LogP contribution in [0, 0.1) is 0 Å². The molecule has 0 amide bonds. The number of guanidine groups is 1. The number of hydrogen-bond acceptors (Lipinski definition) is 3. The van der Waals surface area contributed by atoms with Crippen LogP contribution >= 0.6 is 24.0 Å². The van der Waals surface area contributed by atoms with Gasteiger partial charge in [0, 0.05) is 6.54 Å². The van der Waals surface area contributed by atoms with Crippen molar-refractivity contribution in [1.82, 2.24) is 10.6 Å². The van der Waals surface area contributed by atoms with Crippen molar-refractivity contribution in [2.75, 3.05) is 6.54 Å². The Morgan fingerprint density at radius 1 is 1.11 bits per heavy atom. The van der Waals surface area contributed by atoms with Gasteiger partial charge in [-0.15, -0.1) is 24.0 Å². The van der Waals surface area contributed by atoms with Crippen molar-refractivity contribution in [2.45, 2.75) is 89.2 Å². The predicted octanol–water partition coefficient (Wildman–Crippen LogP) is 4.39. The molecule has 3 aliphatic rings. The highest BCUT2D eigenvalue weighted by molar-refractivity contribution is 14.0. The zero-order valence-corrected chi connectivity index (χ0v) is 19.2. The molecule has 5 nitrogen and oxygen atoms in total. The lowest BCUT2D eigenvalue weighted by molar-refractivity contribution is 0.0992. The average molecular weight is 499 g/mol. The number of rotatable bonds is 6. The first-order chi connectivity index (χ1) is 13.3. The summed E-state index contributed by atoms with van der Waals surface area (Å²) in [6.45, 7) is 3.63. The molecule has 2 bridgehead atoms. The highest BCUT2D eigenvalue weighted by Crippen LogP contribution is 2.34. The number of hydrogen-bond donors (Lipinski definition) is 2. The summed E-state index contributed by atoms with van der Waals surface area (Å²) in [6, 6.07) is 8.83. The quantitative estimate of drug-likeness (QED) is 0.347. The third-order valence-corrected chi connectivity index (χ3v) is 5.97. The molecule has 3 atom stereocenters. The number of nitrogens with one attached hydrogen (secondary N) is 2. The number of halogens is 1. The van der Waals surface area contributed by atoms with E-state index in [0.29, 0.717) is 30.9 Å². The van der Waals surface area contributed by atoms with Gasteiger partial charge in [-0.25, -0.2) is 4.99 Å². The van der Waals surface area contributed by atoms with Gasteiger partial charge in [0.1, 0.15) is 5.75 Å². The number of ether oxygens (including phenoxy) is 2. The molecule has 2 aliphatic heterocycles. The van der Waals surface area contributed by atoms with E-state index in [4.69, 9.17) is 14.5 Å². The van der Waals surface area contributed by atoms with E-state index in [0.717, 1.165) is 24.7 Å². The topological polar surface area (TPSA) is 54.9 Å². The molecule has 1 aromatic rings. The Morgan fingerprint density at radius 3 is 2.54 bits per heavy atom. The standard InChI is InChI=1S/C22H33N3O2.HI/c1-2-23-22(25-20-14-19-12-13-21(20)27-19)24-15-16-8-10-18(11-9-16)26-17-6-4-3-5-7-17;/h8-11,17,19-21H,2-7,12-15H2,1H3,(H2,23,24,25);1H. The Balaban J connectivity index is 0.00000225. The molecule has 156 valence electrons. The van der Waals surface area contributed by atoms with Crippen molar-refractivity contribution in [2.24, 2.45) is 4.99 Å². The van der Waals surface area contributed by atoms with Crippen molar-refractivity contribution in [3.05, 3.63) is 29.8 Å². The molecule has 3 fully saturated rings. The van der Waals surface area contributed by atoms with Crippen molar-refractivity contribution in [3.8, 4) is 5.75 Å². The molecule has 2 saturated heterocycles. The molecule has 1 saturated carbocycles. The van der Waals surface area contributed by atoms with Crippen LogP contribution in [0.5, 0.6) is 5.75 Å².